The second-order valence-corrected chi connectivity index (χ2v) is 16.2. The summed E-state index contributed by atoms with van der Waals surface area (Å²) < 4.78 is 13.4. The van der Waals surface area contributed by atoms with Gasteiger partial charge < -0.3 is 25.0 Å². The van der Waals surface area contributed by atoms with Gasteiger partial charge in [0.05, 0.1) is 16.8 Å². The molecule has 2 heterocycles. The Morgan fingerprint density at radius 3 is 2.48 bits per heavy atom. The van der Waals surface area contributed by atoms with Crippen LogP contribution < -0.4 is 20.8 Å². The Balaban J connectivity index is 1.22. The average Bonchev–Trinajstić information content (AvgIpc) is 2.96. The predicted octanol–water partition coefficient (Wildman–Crippen LogP) is 7.24. The Bertz CT molecular complexity index is 1780. The van der Waals surface area contributed by atoms with Gasteiger partial charge in [0.25, 0.3) is 5.69 Å². The van der Waals surface area contributed by atoms with Crippen molar-refractivity contribution in [3.05, 3.63) is 75.9 Å². The Morgan fingerprint density at radius 2 is 1.80 bits per heavy atom. The highest BCUT2D eigenvalue weighted by Crippen LogP contribution is 2.51. The van der Waals surface area contributed by atoms with Gasteiger partial charge in [-0.25, -0.2) is 4.98 Å². The second kappa shape index (κ2) is 11.7. The number of halogens is 1. The van der Waals surface area contributed by atoms with Crippen molar-refractivity contribution >= 4 is 69.3 Å². The van der Waals surface area contributed by atoms with Crippen LogP contribution in [-0.2, 0) is 4.57 Å². The molecule has 4 aromatic rings. The molecular formula is C32H37ClN7O3P. The molecule has 6 rings (SSSR count). The smallest absolute Gasteiger partial charge is 0.294 e. The Hall–Kier alpha value is -3.72. The summed E-state index contributed by atoms with van der Waals surface area (Å²) in [6.45, 7) is 5.09. The third-order valence-electron chi connectivity index (χ3n) is 9.10. The number of fused-ring (bicyclic) bond motifs is 1. The molecule has 0 radical (unpaired) electrons. The van der Waals surface area contributed by atoms with E-state index in [1.807, 2.05) is 42.5 Å². The maximum absolute atomic E-state index is 13.4. The van der Waals surface area contributed by atoms with Gasteiger partial charge in [-0.1, -0.05) is 41.9 Å². The van der Waals surface area contributed by atoms with Crippen LogP contribution in [0.1, 0.15) is 25.7 Å². The fourth-order valence-corrected chi connectivity index (χ4v) is 8.29. The molecule has 1 spiro atoms. The van der Waals surface area contributed by atoms with E-state index < -0.39 is 7.14 Å². The van der Waals surface area contributed by atoms with Crippen LogP contribution in [0.2, 0.25) is 5.02 Å². The van der Waals surface area contributed by atoms with Crippen LogP contribution in [0.4, 0.5) is 34.5 Å². The molecule has 1 aliphatic heterocycles. The molecule has 0 atom stereocenters. The first-order valence-corrected chi connectivity index (χ1v) is 17.7. The second-order valence-electron chi connectivity index (χ2n) is 12.6. The summed E-state index contributed by atoms with van der Waals surface area (Å²) in [5.74, 6) is 0.549. The molecule has 1 saturated heterocycles. The van der Waals surface area contributed by atoms with Crippen LogP contribution in [0, 0.1) is 15.5 Å². The minimum Gasteiger partial charge on any atom is -0.366 e. The number of piperidine rings is 1. The number of hydrogen-bond acceptors (Lipinski definition) is 9. The summed E-state index contributed by atoms with van der Waals surface area (Å²) in [5, 5.41) is 21.4. The van der Waals surface area contributed by atoms with Crippen molar-refractivity contribution in [1.29, 1.82) is 0 Å². The first-order valence-electron chi connectivity index (χ1n) is 14.8. The normalized spacial score (nSPS) is 16.7. The molecule has 0 unspecified atom stereocenters. The van der Waals surface area contributed by atoms with Gasteiger partial charge in [0.2, 0.25) is 5.95 Å². The highest BCUT2D eigenvalue weighted by molar-refractivity contribution is 7.71. The maximum atomic E-state index is 13.4. The van der Waals surface area contributed by atoms with Crippen LogP contribution in [0.3, 0.4) is 0 Å². The van der Waals surface area contributed by atoms with Crippen LogP contribution in [0.25, 0.3) is 10.8 Å². The van der Waals surface area contributed by atoms with Gasteiger partial charge in [-0.2, -0.15) is 4.98 Å². The van der Waals surface area contributed by atoms with E-state index in [0.29, 0.717) is 39.6 Å². The number of aromatic nitrogens is 2. The van der Waals surface area contributed by atoms with E-state index >= 15 is 0 Å². The molecule has 44 heavy (non-hydrogen) atoms. The topological polar surface area (TPSA) is 117 Å². The van der Waals surface area contributed by atoms with Crippen molar-refractivity contribution in [2.45, 2.75) is 31.7 Å². The Labute approximate surface area is 262 Å². The molecule has 2 aliphatic rings. The molecule has 230 valence electrons. The monoisotopic (exact) mass is 633 g/mol. The fraction of sp³-hybridized carbons (Fsp3) is 0.375. The number of nitro groups is 1. The highest BCUT2D eigenvalue weighted by Gasteiger charge is 2.46. The van der Waals surface area contributed by atoms with Gasteiger partial charge in [-0.3, -0.25) is 10.1 Å². The molecule has 2 fully saturated rings. The van der Waals surface area contributed by atoms with Crippen molar-refractivity contribution < 1.29 is 9.49 Å². The third kappa shape index (κ3) is 5.99. The maximum Gasteiger partial charge on any atom is 0.294 e. The number of nitro benzene ring substituents is 1. The fourth-order valence-electron chi connectivity index (χ4n) is 6.66. The first-order chi connectivity index (χ1) is 20.9. The van der Waals surface area contributed by atoms with Crippen molar-refractivity contribution in [1.82, 2.24) is 14.9 Å². The first kappa shape index (κ1) is 30.3. The summed E-state index contributed by atoms with van der Waals surface area (Å²) in [6, 6.07) is 17.4. The van der Waals surface area contributed by atoms with Gasteiger partial charge in [0.15, 0.2) is 5.82 Å². The molecule has 2 N–H and O–H groups in total. The molecule has 1 saturated carbocycles. The average molecular weight is 634 g/mol. The zero-order valence-corrected chi connectivity index (χ0v) is 27.0. The number of nitrogens with one attached hydrogen (secondary N) is 2. The summed E-state index contributed by atoms with van der Waals surface area (Å²) in [4.78, 5) is 25.1. The molecule has 0 bridgehead atoms. The Kier molecular flexibility index (Phi) is 8.03. The molecule has 10 nitrogen and oxygen atoms in total. The van der Waals surface area contributed by atoms with Crippen LogP contribution >= 0.6 is 18.7 Å². The van der Waals surface area contributed by atoms with E-state index in [9.17, 15) is 14.7 Å². The van der Waals surface area contributed by atoms with Crippen molar-refractivity contribution in [3.63, 3.8) is 0 Å². The summed E-state index contributed by atoms with van der Waals surface area (Å²) in [7, 11) is 1.57. The van der Waals surface area contributed by atoms with Crippen molar-refractivity contribution in [2.24, 2.45) is 5.41 Å². The molecule has 1 aromatic heterocycles. The standard InChI is InChI=1S/C32H37ClN7O3P/c1-38(2)23-18-32(19-23)13-15-39(16-14-32)27-12-10-22(17-28(27)40(41)42)35-31-34-20-25(33)30(37-31)36-26-11-9-21-7-5-6-8-24(21)29(26)44(3,4)43/h5-12,17,20,23H,13-16,18-19H2,1-4H3,(H2,34,35,36,37). The molecule has 12 heteroatoms. The summed E-state index contributed by atoms with van der Waals surface area (Å²) in [6.07, 6.45) is 5.97. The van der Waals surface area contributed by atoms with E-state index in [2.05, 4.69) is 44.5 Å². The molecule has 0 amide bonds. The van der Waals surface area contributed by atoms with Crippen molar-refractivity contribution in [2.75, 3.05) is 56.0 Å². The van der Waals surface area contributed by atoms with Gasteiger partial charge in [-0.05, 0) is 87.5 Å². The van der Waals surface area contributed by atoms with Gasteiger partial charge in [0.1, 0.15) is 17.9 Å². The minimum atomic E-state index is -2.70. The molecular weight excluding hydrogens is 597 g/mol. The third-order valence-corrected chi connectivity index (χ3v) is 10.9. The van der Waals surface area contributed by atoms with Gasteiger partial charge in [0, 0.05) is 36.2 Å². The quantitative estimate of drug-likeness (QED) is 0.118. The Morgan fingerprint density at radius 1 is 1.07 bits per heavy atom. The lowest BCUT2D eigenvalue weighted by Gasteiger charge is -2.54. The molecule has 3 aromatic carbocycles. The van der Waals surface area contributed by atoms with Crippen LogP contribution in [-0.4, -0.2) is 66.3 Å². The summed E-state index contributed by atoms with van der Waals surface area (Å²) in [5.41, 5.74) is 2.18. The number of nitrogens with zero attached hydrogens (tertiary/aromatic N) is 5. The lowest BCUT2D eigenvalue weighted by atomic mass is 9.60. The minimum absolute atomic E-state index is 0.0421. The van der Waals surface area contributed by atoms with Gasteiger partial charge in [-0.15, -0.1) is 0 Å². The van der Waals surface area contributed by atoms with E-state index in [1.54, 1.807) is 19.4 Å². The predicted molar refractivity (Wildman–Crippen MR) is 180 cm³/mol. The summed E-state index contributed by atoms with van der Waals surface area (Å²) >= 11 is 6.48. The van der Waals surface area contributed by atoms with Crippen LogP contribution in [0.15, 0.2) is 60.8 Å². The van der Waals surface area contributed by atoms with Crippen LogP contribution in [0.5, 0.6) is 0 Å². The number of benzene rings is 3. The van der Waals surface area contributed by atoms with E-state index in [1.165, 1.54) is 25.1 Å². The molecule has 1 aliphatic carbocycles. The lowest BCUT2D eigenvalue weighted by Crippen LogP contribution is -2.53. The number of rotatable bonds is 8. The van der Waals surface area contributed by atoms with E-state index in [0.717, 1.165) is 36.7 Å². The SMILES string of the molecule is CN(C)C1CC2(CCN(c3ccc(Nc4ncc(Cl)c(Nc5ccc6ccccc6c5P(C)(C)=O)n4)cc3[N+](=O)[O-])CC2)C1. The zero-order chi connectivity index (χ0) is 31.2. The zero-order valence-electron chi connectivity index (χ0n) is 25.4. The lowest BCUT2D eigenvalue weighted by molar-refractivity contribution is -0.384. The van der Waals surface area contributed by atoms with E-state index in [-0.39, 0.29) is 21.6 Å². The van der Waals surface area contributed by atoms with Gasteiger partial charge >= 0.3 is 0 Å². The number of hydrogen-bond donors (Lipinski definition) is 2. The number of anilines is 5. The largest absolute Gasteiger partial charge is 0.366 e. The van der Waals surface area contributed by atoms with Crippen molar-refractivity contribution in [3.8, 4) is 0 Å². The highest BCUT2D eigenvalue weighted by atomic mass is 35.5. The van der Waals surface area contributed by atoms with E-state index in [4.69, 9.17) is 11.6 Å².